The number of rotatable bonds is 3. The van der Waals surface area contributed by atoms with Crippen molar-refractivity contribution in [2.45, 2.75) is 13.3 Å². The van der Waals surface area contributed by atoms with Crippen molar-refractivity contribution in [3.63, 3.8) is 0 Å². The van der Waals surface area contributed by atoms with Crippen molar-refractivity contribution < 1.29 is 4.79 Å². The van der Waals surface area contributed by atoms with Gasteiger partial charge in [-0.25, -0.2) is 0 Å². The molecule has 11 heavy (non-hydrogen) atoms. The lowest BCUT2D eigenvalue weighted by Crippen LogP contribution is -2.14. The summed E-state index contributed by atoms with van der Waals surface area (Å²) in [6.45, 7) is 2.18. The quantitative estimate of drug-likeness (QED) is 0.737. The molecule has 60 valence electrons. The molecular weight excluding hydrogens is 158 g/mol. The van der Waals surface area contributed by atoms with Crippen molar-refractivity contribution in [2.24, 2.45) is 5.73 Å². The van der Waals surface area contributed by atoms with Gasteiger partial charge in [0.25, 0.3) is 0 Å². The molecule has 0 amide bonds. The van der Waals surface area contributed by atoms with Gasteiger partial charge in [-0.1, -0.05) is 0 Å². The van der Waals surface area contributed by atoms with Crippen LogP contribution < -0.4 is 5.73 Å². The summed E-state index contributed by atoms with van der Waals surface area (Å²) in [5, 5.41) is 0. The van der Waals surface area contributed by atoms with Crippen LogP contribution in [0.2, 0.25) is 0 Å². The van der Waals surface area contributed by atoms with Gasteiger partial charge < -0.3 is 5.73 Å². The maximum atomic E-state index is 10.9. The van der Waals surface area contributed by atoms with Crippen LogP contribution in [-0.4, -0.2) is 12.3 Å². The van der Waals surface area contributed by atoms with E-state index in [1.54, 1.807) is 11.3 Å². The lowest BCUT2D eigenvalue weighted by atomic mass is 10.2. The average Bonchev–Trinajstić information content (AvgIpc) is 2.35. The van der Waals surface area contributed by atoms with Gasteiger partial charge in [-0.05, 0) is 19.1 Å². The minimum absolute atomic E-state index is 0.104. The van der Waals surface area contributed by atoms with Crippen molar-refractivity contribution in [1.82, 2.24) is 0 Å². The number of hydrogen-bond donors (Lipinski definition) is 1. The van der Waals surface area contributed by atoms with Crippen molar-refractivity contribution in [3.05, 3.63) is 21.9 Å². The second kappa shape index (κ2) is 3.64. The summed E-state index contributed by atoms with van der Waals surface area (Å²) in [4.78, 5) is 13.2. The smallest absolute Gasteiger partial charge is 0.151 e. The molecule has 0 spiro atoms. The van der Waals surface area contributed by atoms with E-state index >= 15 is 0 Å². The van der Waals surface area contributed by atoms with Crippen molar-refractivity contribution in [1.29, 1.82) is 0 Å². The third-order valence-corrected chi connectivity index (χ3v) is 2.40. The van der Waals surface area contributed by atoms with E-state index < -0.39 is 0 Å². The molecule has 0 saturated carbocycles. The number of aryl methyl sites for hydroxylation is 1. The molecule has 0 unspecified atom stereocenters. The molecule has 1 rings (SSSR count). The van der Waals surface area contributed by atoms with E-state index in [2.05, 4.69) is 0 Å². The zero-order valence-electron chi connectivity index (χ0n) is 6.46. The number of Topliss-reactive ketones (excluding diaryl/α,β-unsaturated/α-hetero) is 1. The summed E-state index contributed by atoms with van der Waals surface area (Å²) < 4.78 is 0. The summed E-state index contributed by atoms with van der Waals surface area (Å²) in [7, 11) is 0. The van der Waals surface area contributed by atoms with E-state index in [-0.39, 0.29) is 12.3 Å². The standard InChI is InChI=1S/C8H11NOS/c1-6-2-3-8(11-6)4-7(10)5-9/h2-3H,4-5,9H2,1H3. The Morgan fingerprint density at radius 3 is 2.82 bits per heavy atom. The highest BCUT2D eigenvalue weighted by Gasteiger charge is 2.02. The molecule has 2 nitrogen and oxygen atoms in total. The predicted molar refractivity (Wildman–Crippen MR) is 46.8 cm³/mol. The molecule has 0 saturated heterocycles. The Kier molecular flexibility index (Phi) is 2.79. The van der Waals surface area contributed by atoms with E-state index in [0.29, 0.717) is 6.42 Å². The van der Waals surface area contributed by atoms with Gasteiger partial charge in [-0.3, -0.25) is 4.79 Å². The molecule has 0 aliphatic rings. The Morgan fingerprint density at radius 2 is 2.36 bits per heavy atom. The topological polar surface area (TPSA) is 43.1 Å². The van der Waals surface area contributed by atoms with Gasteiger partial charge in [-0.2, -0.15) is 0 Å². The van der Waals surface area contributed by atoms with Gasteiger partial charge >= 0.3 is 0 Å². The van der Waals surface area contributed by atoms with Gasteiger partial charge in [0.05, 0.1) is 6.54 Å². The van der Waals surface area contributed by atoms with Crippen LogP contribution in [-0.2, 0) is 11.2 Å². The molecule has 0 radical (unpaired) electrons. The van der Waals surface area contributed by atoms with Crippen LogP contribution in [0.3, 0.4) is 0 Å². The van der Waals surface area contributed by atoms with Gasteiger partial charge in [0.15, 0.2) is 5.78 Å². The monoisotopic (exact) mass is 169 g/mol. The summed E-state index contributed by atoms with van der Waals surface area (Å²) in [5.41, 5.74) is 5.18. The first-order valence-corrected chi connectivity index (χ1v) is 4.31. The Hall–Kier alpha value is -0.670. The maximum absolute atomic E-state index is 10.9. The van der Waals surface area contributed by atoms with E-state index in [0.717, 1.165) is 4.88 Å². The number of carbonyl (C=O) groups is 1. The van der Waals surface area contributed by atoms with Crippen molar-refractivity contribution >= 4 is 17.1 Å². The first kappa shape index (κ1) is 8.43. The molecule has 0 bridgehead atoms. The minimum atomic E-state index is 0.104. The lowest BCUT2D eigenvalue weighted by molar-refractivity contribution is -0.117. The zero-order valence-corrected chi connectivity index (χ0v) is 7.28. The molecule has 0 aliphatic heterocycles. The number of carbonyl (C=O) groups excluding carboxylic acids is 1. The van der Waals surface area contributed by atoms with Crippen molar-refractivity contribution in [3.8, 4) is 0 Å². The van der Waals surface area contributed by atoms with Gasteiger partial charge in [0, 0.05) is 16.2 Å². The third kappa shape index (κ3) is 2.44. The van der Waals surface area contributed by atoms with Crippen LogP contribution in [0.1, 0.15) is 9.75 Å². The highest BCUT2D eigenvalue weighted by atomic mass is 32.1. The van der Waals surface area contributed by atoms with Crippen molar-refractivity contribution in [2.75, 3.05) is 6.54 Å². The lowest BCUT2D eigenvalue weighted by Gasteiger charge is -1.91. The van der Waals surface area contributed by atoms with E-state index in [9.17, 15) is 4.79 Å². The average molecular weight is 169 g/mol. The Morgan fingerprint density at radius 1 is 1.64 bits per heavy atom. The first-order valence-electron chi connectivity index (χ1n) is 3.49. The SMILES string of the molecule is Cc1ccc(CC(=O)CN)s1. The van der Waals surface area contributed by atoms with Gasteiger partial charge in [-0.15, -0.1) is 11.3 Å². The van der Waals surface area contributed by atoms with Crippen LogP contribution in [0.15, 0.2) is 12.1 Å². The molecule has 0 aromatic carbocycles. The van der Waals surface area contributed by atoms with E-state index in [4.69, 9.17) is 5.73 Å². The third-order valence-electron chi connectivity index (χ3n) is 1.40. The van der Waals surface area contributed by atoms with Crippen LogP contribution in [0, 0.1) is 6.92 Å². The highest BCUT2D eigenvalue weighted by molar-refractivity contribution is 7.12. The Balaban J connectivity index is 2.57. The second-order valence-corrected chi connectivity index (χ2v) is 3.80. The Bertz CT molecular complexity index is 254. The predicted octanol–water partition coefficient (Wildman–Crippen LogP) is 1.13. The normalized spacial score (nSPS) is 10.0. The number of hydrogen-bond acceptors (Lipinski definition) is 3. The highest BCUT2D eigenvalue weighted by Crippen LogP contribution is 2.15. The molecule has 0 atom stereocenters. The molecule has 0 aliphatic carbocycles. The van der Waals surface area contributed by atoms with E-state index in [1.165, 1.54) is 4.88 Å². The molecule has 3 heteroatoms. The Labute approximate surface area is 70.0 Å². The zero-order chi connectivity index (χ0) is 8.27. The largest absolute Gasteiger partial charge is 0.324 e. The van der Waals surface area contributed by atoms with E-state index in [1.807, 2.05) is 19.1 Å². The summed E-state index contributed by atoms with van der Waals surface area (Å²) in [5.74, 6) is 0.104. The molecule has 1 aromatic rings. The van der Waals surface area contributed by atoms with Gasteiger partial charge in [0.2, 0.25) is 0 Å². The van der Waals surface area contributed by atoms with Crippen LogP contribution in [0.4, 0.5) is 0 Å². The fourth-order valence-corrected chi connectivity index (χ4v) is 1.77. The first-order chi connectivity index (χ1) is 5.22. The summed E-state index contributed by atoms with van der Waals surface area (Å²) >= 11 is 1.66. The molecule has 1 aromatic heterocycles. The fraction of sp³-hybridized carbons (Fsp3) is 0.375. The second-order valence-electron chi connectivity index (χ2n) is 2.43. The van der Waals surface area contributed by atoms with Crippen LogP contribution in [0.5, 0.6) is 0 Å². The molecule has 1 heterocycles. The van der Waals surface area contributed by atoms with Crippen LogP contribution >= 0.6 is 11.3 Å². The summed E-state index contributed by atoms with van der Waals surface area (Å²) in [6.07, 6.45) is 0.495. The maximum Gasteiger partial charge on any atom is 0.151 e. The van der Waals surface area contributed by atoms with Crippen LogP contribution in [0.25, 0.3) is 0 Å². The molecular formula is C8H11NOS. The minimum Gasteiger partial charge on any atom is -0.324 e. The number of thiophene rings is 1. The van der Waals surface area contributed by atoms with Gasteiger partial charge in [0.1, 0.15) is 0 Å². The number of ketones is 1. The summed E-state index contributed by atoms with van der Waals surface area (Å²) in [6, 6.07) is 4.00. The molecule has 2 N–H and O–H groups in total. The molecule has 0 fully saturated rings. The number of nitrogens with two attached hydrogens (primary N) is 1. The fourth-order valence-electron chi connectivity index (χ4n) is 0.847.